The maximum Gasteiger partial charge on any atom is 0.235 e. The fraction of sp³-hybridized carbons (Fsp3) is 0.333. The van der Waals surface area contributed by atoms with Crippen LogP contribution in [0, 0.1) is 0 Å². The van der Waals surface area contributed by atoms with Crippen LogP contribution in [0.2, 0.25) is 5.02 Å². The molecule has 1 saturated heterocycles. The van der Waals surface area contributed by atoms with Crippen LogP contribution in [0.5, 0.6) is 5.75 Å². The van der Waals surface area contributed by atoms with E-state index in [1.807, 2.05) is 62.4 Å². The molecule has 1 N–H and O–H groups in total. The van der Waals surface area contributed by atoms with Gasteiger partial charge in [-0.25, -0.2) is 0 Å². The molecule has 0 atom stereocenters. The molecule has 156 valence electrons. The maximum atomic E-state index is 13.6. The van der Waals surface area contributed by atoms with Crippen molar-refractivity contribution < 1.29 is 14.3 Å². The zero-order valence-corrected chi connectivity index (χ0v) is 17.9. The highest BCUT2D eigenvalue weighted by Gasteiger charge is 2.42. The van der Waals surface area contributed by atoms with Crippen molar-refractivity contribution in [2.75, 3.05) is 18.5 Å². The first kappa shape index (κ1) is 20.6. The van der Waals surface area contributed by atoms with Crippen molar-refractivity contribution in [3.05, 3.63) is 65.3 Å². The maximum absolute atomic E-state index is 13.6. The first-order chi connectivity index (χ1) is 14.5. The molecule has 0 saturated carbocycles. The van der Waals surface area contributed by atoms with Crippen molar-refractivity contribution in [2.45, 2.75) is 38.2 Å². The van der Waals surface area contributed by atoms with Crippen molar-refractivity contribution in [1.29, 1.82) is 0 Å². The van der Waals surface area contributed by atoms with E-state index in [2.05, 4.69) is 10.3 Å². The molecule has 0 radical (unpaired) electrons. The van der Waals surface area contributed by atoms with Gasteiger partial charge in [0.05, 0.1) is 17.2 Å². The summed E-state index contributed by atoms with van der Waals surface area (Å²) in [6.45, 7) is 5.04. The Morgan fingerprint density at radius 3 is 2.57 bits per heavy atom. The highest BCUT2D eigenvalue weighted by atomic mass is 35.5. The lowest BCUT2D eigenvalue weighted by atomic mass is 9.73. The second-order valence-corrected chi connectivity index (χ2v) is 8.27. The van der Waals surface area contributed by atoms with Gasteiger partial charge >= 0.3 is 0 Å². The molecule has 2 heterocycles. The molecule has 1 amide bonds. The number of anilines is 1. The molecule has 0 aliphatic carbocycles. The van der Waals surface area contributed by atoms with Gasteiger partial charge in [-0.05, 0) is 68.7 Å². The van der Waals surface area contributed by atoms with Gasteiger partial charge in [-0.1, -0.05) is 23.7 Å². The number of nitrogens with one attached hydrogen (secondary N) is 1. The van der Waals surface area contributed by atoms with E-state index in [9.17, 15) is 4.79 Å². The quantitative estimate of drug-likeness (QED) is 0.598. The largest absolute Gasteiger partial charge is 0.489 e. The summed E-state index contributed by atoms with van der Waals surface area (Å²) in [4.78, 5) is 18.1. The van der Waals surface area contributed by atoms with E-state index < -0.39 is 5.41 Å². The fourth-order valence-corrected chi connectivity index (χ4v) is 4.11. The number of ether oxygens (including phenoxy) is 2. The molecule has 5 nitrogen and oxygen atoms in total. The summed E-state index contributed by atoms with van der Waals surface area (Å²) >= 11 is 6.08. The van der Waals surface area contributed by atoms with Gasteiger partial charge in [-0.3, -0.25) is 9.78 Å². The number of amides is 1. The Bertz CT molecular complexity index is 1040. The highest BCUT2D eigenvalue weighted by Crippen LogP contribution is 2.38. The Morgan fingerprint density at radius 1 is 1.13 bits per heavy atom. The molecule has 6 heteroatoms. The fourth-order valence-electron chi connectivity index (χ4n) is 3.98. The Hall–Kier alpha value is -2.63. The molecule has 1 aliphatic rings. The number of fused-ring (bicyclic) bond motifs is 1. The Kier molecular flexibility index (Phi) is 5.93. The molecule has 0 unspecified atom stereocenters. The summed E-state index contributed by atoms with van der Waals surface area (Å²) in [6, 6.07) is 15.1. The van der Waals surface area contributed by atoms with Gasteiger partial charge in [0.2, 0.25) is 5.91 Å². The van der Waals surface area contributed by atoms with Gasteiger partial charge in [0.25, 0.3) is 0 Å². The van der Waals surface area contributed by atoms with Gasteiger partial charge in [0.1, 0.15) is 11.3 Å². The number of pyridine rings is 1. The van der Waals surface area contributed by atoms with Crippen molar-refractivity contribution in [1.82, 2.24) is 4.98 Å². The Labute approximate surface area is 181 Å². The number of hydrogen-bond acceptors (Lipinski definition) is 4. The van der Waals surface area contributed by atoms with Crippen molar-refractivity contribution in [2.24, 2.45) is 0 Å². The van der Waals surface area contributed by atoms with Crippen molar-refractivity contribution in [3.8, 4) is 5.75 Å². The normalized spacial score (nSPS) is 15.9. The van der Waals surface area contributed by atoms with Crippen LogP contribution in [0.25, 0.3) is 10.9 Å². The second-order valence-electron chi connectivity index (χ2n) is 7.83. The molecule has 1 aliphatic heterocycles. The lowest BCUT2D eigenvalue weighted by Crippen LogP contribution is -2.44. The second kappa shape index (κ2) is 8.62. The molecule has 3 aromatic rings. The number of aromatic nitrogens is 1. The van der Waals surface area contributed by atoms with Gasteiger partial charge in [-0.15, -0.1) is 0 Å². The number of hydrogen-bond donors (Lipinski definition) is 1. The van der Waals surface area contributed by atoms with Crippen LogP contribution in [0.15, 0.2) is 54.7 Å². The van der Waals surface area contributed by atoms with E-state index in [4.69, 9.17) is 21.1 Å². The minimum Gasteiger partial charge on any atom is -0.489 e. The zero-order chi connectivity index (χ0) is 21.1. The first-order valence-electron chi connectivity index (χ1n) is 10.2. The van der Waals surface area contributed by atoms with Gasteiger partial charge in [0.15, 0.2) is 0 Å². The third-order valence-electron chi connectivity index (χ3n) is 5.52. The molecular formula is C24H25ClN2O3. The standard InChI is InChI=1S/C24H25ClN2O3/c1-16(2)30-21-10-9-20(19-4-3-13-26-22(19)21)27-23(28)24(11-14-29-15-12-24)17-5-7-18(25)8-6-17/h3-10,13,16H,11-12,14-15H2,1-2H3,(H,27,28). The topological polar surface area (TPSA) is 60.5 Å². The summed E-state index contributed by atoms with van der Waals surface area (Å²) in [5.41, 5.74) is 1.75. The summed E-state index contributed by atoms with van der Waals surface area (Å²) in [7, 11) is 0. The van der Waals surface area contributed by atoms with Crippen molar-refractivity contribution in [3.63, 3.8) is 0 Å². The molecule has 0 bridgehead atoms. The predicted molar refractivity (Wildman–Crippen MR) is 119 cm³/mol. The van der Waals surface area contributed by atoms with Gasteiger partial charge in [0, 0.05) is 29.8 Å². The highest BCUT2D eigenvalue weighted by molar-refractivity contribution is 6.30. The lowest BCUT2D eigenvalue weighted by molar-refractivity contribution is -0.125. The van der Waals surface area contributed by atoms with Crippen LogP contribution >= 0.6 is 11.6 Å². The van der Waals surface area contributed by atoms with Crippen LogP contribution in [-0.4, -0.2) is 30.2 Å². The number of rotatable bonds is 5. The van der Waals surface area contributed by atoms with Crippen LogP contribution < -0.4 is 10.1 Å². The zero-order valence-electron chi connectivity index (χ0n) is 17.2. The lowest BCUT2D eigenvalue weighted by Gasteiger charge is -2.36. The summed E-state index contributed by atoms with van der Waals surface area (Å²) in [6.07, 6.45) is 3.00. The number of benzene rings is 2. The van der Waals surface area contributed by atoms with Crippen LogP contribution in [0.3, 0.4) is 0 Å². The summed E-state index contributed by atoms with van der Waals surface area (Å²) in [5, 5.41) is 4.67. The monoisotopic (exact) mass is 424 g/mol. The molecule has 0 spiro atoms. The van der Waals surface area contributed by atoms with E-state index in [0.717, 1.165) is 22.2 Å². The number of carbonyl (C=O) groups excluding carboxylic acids is 1. The molecule has 1 aromatic heterocycles. The number of nitrogens with zero attached hydrogens (tertiary/aromatic N) is 1. The average molecular weight is 425 g/mol. The van der Waals surface area contributed by atoms with E-state index in [1.165, 1.54) is 0 Å². The van der Waals surface area contributed by atoms with E-state index in [-0.39, 0.29) is 12.0 Å². The third-order valence-corrected chi connectivity index (χ3v) is 5.77. The molecule has 4 rings (SSSR count). The third kappa shape index (κ3) is 4.00. The molecular weight excluding hydrogens is 400 g/mol. The van der Waals surface area contributed by atoms with Crippen LogP contribution in [0.4, 0.5) is 5.69 Å². The van der Waals surface area contributed by atoms with E-state index in [1.54, 1.807) is 6.20 Å². The minimum absolute atomic E-state index is 0.0334. The summed E-state index contributed by atoms with van der Waals surface area (Å²) in [5.74, 6) is 0.660. The minimum atomic E-state index is -0.662. The molecule has 2 aromatic carbocycles. The van der Waals surface area contributed by atoms with Crippen LogP contribution in [-0.2, 0) is 14.9 Å². The first-order valence-corrected chi connectivity index (χ1v) is 10.6. The smallest absolute Gasteiger partial charge is 0.235 e. The predicted octanol–water partition coefficient (Wildman–Crippen LogP) is 5.36. The number of halogens is 1. The van der Waals surface area contributed by atoms with Crippen molar-refractivity contribution >= 4 is 34.1 Å². The van der Waals surface area contributed by atoms with E-state index in [0.29, 0.717) is 36.8 Å². The van der Waals surface area contributed by atoms with Gasteiger partial charge in [-0.2, -0.15) is 0 Å². The SMILES string of the molecule is CC(C)Oc1ccc(NC(=O)C2(c3ccc(Cl)cc3)CCOCC2)c2cccnc12. The Balaban J connectivity index is 1.71. The molecule has 1 fully saturated rings. The Morgan fingerprint density at radius 2 is 1.87 bits per heavy atom. The summed E-state index contributed by atoms with van der Waals surface area (Å²) < 4.78 is 11.5. The van der Waals surface area contributed by atoms with Crippen LogP contribution in [0.1, 0.15) is 32.3 Å². The molecule has 30 heavy (non-hydrogen) atoms. The average Bonchev–Trinajstić information content (AvgIpc) is 2.76. The van der Waals surface area contributed by atoms with Gasteiger partial charge < -0.3 is 14.8 Å². The van der Waals surface area contributed by atoms with E-state index >= 15 is 0 Å². The number of carbonyl (C=O) groups is 1.